The molecular formula is C35H56NO3+. The number of para-hydroxylation sites is 1. The number of likely N-dealkylation sites (N-methyl/N-ethyl adjacent to an activating group) is 1. The van der Waals surface area contributed by atoms with Crippen LogP contribution in [0.5, 0.6) is 5.75 Å². The molecule has 0 aliphatic carbocycles. The molecule has 0 heterocycles. The number of quaternary nitrogens is 1. The van der Waals surface area contributed by atoms with Crippen LogP contribution < -0.4 is 4.74 Å². The normalized spacial score (nSPS) is 13.2. The van der Waals surface area contributed by atoms with Gasteiger partial charge in [-0.05, 0) is 24.5 Å². The van der Waals surface area contributed by atoms with E-state index in [9.17, 15) is 4.79 Å². The van der Waals surface area contributed by atoms with E-state index in [1.54, 1.807) is 0 Å². The van der Waals surface area contributed by atoms with E-state index in [0.717, 1.165) is 25.1 Å². The summed E-state index contributed by atoms with van der Waals surface area (Å²) in [7, 11) is 4.19. The fraction of sp³-hybridized carbons (Fsp3) is 0.629. The summed E-state index contributed by atoms with van der Waals surface area (Å²) >= 11 is 0. The number of benzene rings is 2. The predicted octanol–water partition coefficient (Wildman–Crippen LogP) is 9.25. The molecule has 4 heteroatoms. The highest BCUT2D eigenvalue weighted by molar-refractivity contribution is 5.74. The lowest BCUT2D eigenvalue weighted by molar-refractivity contribution is -0.919. The molecule has 0 fully saturated rings. The van der Waals surface area contributed by atoms with Gasteiger partial charge >= 0.3 is 5.97 Å². The first-order chi connectivity index (χ1) is 18.9. The Hall–Kier alpha value is -2.33. The molecule has 0 aliphatic heterocycles. The lowest BCUT2D eigenvalue weighted by Gasteiger charge is -2.36. The molecule has 0 amide bonds. The molecule has 0 radical (unpaired) electrons. The third-order valence-corrected chi connectivity index (χ3v) is 7.78. The molecule has 2 aromatic carbocycles. The van der Waals surface area contributed by atoms with Gasteiger partial charge in [-0.1, -0.05) is 133 Å². The highest BCUT2D eigenvalue weighted by atomic mass is 16.7. The van der Waals surface area contributed by atoms with Gasteiger partial charge in [0.2, 0.25) is 6.29 Å². The number of aryl methyl sites for hydroxylation is 1. The minimum atomic E-state index is -0.633. The second kappa shape index (κ2) is 18.9. The maximum Gasteiger partial charge on any atom is 0.368 e. The van der Waals surface area contributed by atoms with Gasteiger partial charge in [0.25, 0.3) is 0 Å². The molecule has 0 saturated carbocycles. The maximum absolute atomic E-state index is 13.2. The van der Waals surface area contributed by atoms with Crippen molar-refractivity contribution in [3.05, 3.63) is 65.7 Å². The van der Waals surface area contributed by atoms with Crippen LogP contribution in [0, 0.1) is 0 Å². The van der Waals surface area contributed by atoms with E-state index in [1.807, 2.05) is 44.2 Å². The Morgan fingerprint density at radius 2 is 1.28 bits per heavy atom. The molecule has 0 N–H and O–H groups in total. The highest BCUT2D eigenvalue weighted by Gasteiger charge is 2.36. The Morgan fingerprint density at radius 3 is 1.87 bits per heavy atom. The summed E-state index contributed by atoms with van der Waals surface area (Å²) in [5.41, 5.74) is 2.41. The standard InChI is InChI=1S/C35H56NO3/c1-6-8-9-10-11-12-13-14-15-16-17-21-26-32-27-22-23-28-34(32)38-30(3)39-35(37)33(7-2)36(4,5)29-31-24-19-18-20-25-31/h18-20,22-25,27-28,30,33H,6-17,21,26,29H2,1-5H3/q+1. The van der Waals surface area contributed by atoms with E-state index in [4.69, 9.17) is 9.47 Å². The molecule has 2 aromatic rings. The fourth-order valence-electron chi connectivity index (χ4n) is 5.54. The van der Waals surface area contributed by atoms with Gasteiger partial charge in [0.15, 0.2) is 6.04 Å². The zero-order valence-electron chi connectivity index (χ0n) is 25.6. The Morgan fingerprint density at radius 1 is 0.744 bits per heavy atom. The number of carbonyl (C=O) groups is 1. The van der Waals surface area contributed by atoms with Crippen LogP contribution in [0.25, 0.3) is 0 Å². The Bertz CT molecular complexity index is 911. The molecule has 0 spiro atoms. The molecule has 218 valence electrons. The first kappa shape index (κ1) is 32.9. The Balaban J connectivity index is 1.73. The van der Waals surface area contributed by atoms with Crippen molar-refractivity contribution < 1.29 is 18.8 Å². The lowest BCUT2D eigenvalue weighted by Crippen LogP contribution is -2.53. The van der Waals surface area contributed by atoms with E-state index in [0.29, 0.717) is 10.9 Å². The molecule has 4 nitrogen and oxygen atoms in total. The number of carbonyl (C=O) groups excluding carboxylic acids is 1. The van der Waals surface area contributed by atoms with Gasteiger partial charge in [0.1, 0.15) is 12.3 Å². The van der Waals surface area contributed by atoms with E-state index < -0.39 is 6.29 Å². The van der Waals surface area contributed by atoms with Gasteiger partial charge in [-0.25, -0.2) is 4.79 Å². The zero-order valence-corrected chi connectivity index (χ0v) is 25.6. The van der Waals surface area contributed by atoms with Gasteiger partial charge in [0.05, 0.1) is 14.1 Å². The van der Waals surface area contributed by atoms with Crippen molar-refractivity contribution >= 4 is 5.97 Å². The summed E-state index contributed by atoms with van der Waals surface area (Å²) in [5, 5.41) is 0. The number of unbranched alkanes of at least 4 members (excludes halogenated alkanes) is 11. The molecule has 0 aromatic heterocycles. The smallest absolute Gasteiger partial charge is 0.368 e. The Kier molecular flexibility index (Phi) is 15.9. The SMILES string of the molecule is CCCCCCCCCCCCCCc1ccccc1OC(C)OC(=O)C(CC)[N+](C)(C)Cc1ccccc1. The van der Waals surface area contributed by atoms with Crippen LogP contribution in [0.3, 0.4) is 0 Å². The largest absolute Gasteiger partial charge is 0.455 e. The van der Waals surface area contributed by atoms with E-state index >= 15 is 0 Å². The maximum atomic E-state index is 13.2. The summed E-state index contributed by atoms with van der Waals surface area (Å²) < 4.78 is 12.5. The molecule has 0 saturated heterocycles. The first-order valence-electron chi connectivity index (χ1n) is 15.7. The van der Waals surface area contributed by atoms with Crippen molar-refractivity contribution in [2.45, 2.75) is 130 Å². The third kappa shape index (κ3) is 13.0. The lowest BCUT2D eigenvalue weighted by atomic mass is 10.0. The second-order valence-electron chi connectivity index (χ2n) is 11.7. The topological polar surface area (TPSA) is 35.5 Å². The predicted molar refractivity (Wildman–Crippen MR) is 164 cm³/mol. The van der Waals surface area contributed by atoms with Crippen LogP contribution in [0.4, 0.5) is 0 Å². The zero-order chi connectivity index (χ0) is 28.3. The third-order valence-electron chi connectivity index (χ3n) is 7.78. The number of hydrogen-bond donors (Lipinski definition) is 0. The number of rotatable bonds is 21. The fourth-order valence-corrected chi connectivity index (χ4v) is 5.54. The summed E-state index contributed by atoms with van der Waals surface area (Å²) in [4.78, 5) is 13.2. The average Bonchev–Trinajstić information content (AvgIpc) is 2.90. The Labute approximate surface area is 239 Å². The van der Waals surface area contributed by atoms with Crippen molar-refractivity contribution in [3.63, 3.8) is 0 Å². The van der Waals surface area contributed by atoms with Crippen molar-refractivity contribution in [2.75, 3.05) is 14.1 Å². The number of esters is 1. The van der Waals surface area contributed by atoms with Crippen LogP contribution in [0.1, 0.15) is 115 Å². The summed E-state index contributed by atoms with van der Waals surface area (Å²) in [6.45, 7) is 6.92. The van der Waals surface area contributed by atoms with Crippen LogP contribution in [0.2, 0.25) is 0 Å². The minimum absolute atomic E-state index is 0.204. The van der Waals surface area contributed by atoms with E-state index in [2.05, 4.69) is 45.3 Å². The van der Waals surface area contributed by atoms with Crippen molar-refractivity contribution in [1.29, 1.82) is 0 Å². The van der Waals surface area contributed by atoms with Gasteiger partial charge in [-0.2, -0.15) is 0 Å². The number of nitrogens with zero attached hydrogens (tertiary/aromatic N) is 1. The highest BCUT2D eigenvalue weighted by Crippen LogP contribution is 2.24. The van der Waals surface area contributed by atoms with Crippen molar-refractivity contribution in [2.24, 2.45) is 0 Å². The quantitative estimate of drug-likeness (QED) is 0.0687. The van der Waals surface area contributed by atoms with Gasteiger partial charge < -0.3 is 14.0 Å². The van der Waals surface area contributed by atoms with Crippen molar-refractivity contribution in [1.82, 2.24) is 0 Å². The van der Waals surface area contributed by atoms with Gasteiger partial charge in [-0.15, -0.1) is 0 Å². The first-order valence-corrected chi connectivity index (χ1v) is 15.7. The van der Waals surface area contributed by atoms with E-state index in [1.165, 1.54) is 81.8 Å². The van der Waals surface area contributed by atoms with Crippen molar-refractivity contribution in [3.8, 4) is 5.75 Å². The summed E-state index contributed by atoms with van der Waals surface area (Å²) in [6.07, 6.45) is 17.3. The summed E-state index contributed by atoms with van der Waals surface area (Å²) in [6, 6.07) is 18.2. The molecule has 2 atom stereocenters. The van der Waals surface area contributed by atoms with E-state index in [-0.39, 0.29) is 12.0 Å². The molecule has 2 rings (SSSR count). The van der Waals surface area contributed by atoms with Crippen LogP contribution in [-0.4, -0.2) is 36.9 Å². The number of ether oxygens (including phenoxy) is 2. The van der Waals surface area contributed by atoms with Crippen LogP contribution in [0.15, 0.2) is 54.6 Å². The van der Waals surface area contributed by atoms with Crippen LogP contribution in [-0.2, 0) is 22.5 Å². The van der Waals surface area contributed by atoms with Gasteiger partial charge in [0, 0.05) is 18.9 Å². The molecule has 39 heavy (non-hydrogen) atoms. The molecular weight excluding hydrogens is 482 g/mol. The molecule has 0 aliphatic rings. The monoisotopic (exact) mass is 538 g/mol. The van der Waals surface area contributed by atoms with Crippen LogP contribution >= 0.6 is 0 Å². The average molecular weight is 539 g/mol. The minimum Gasteiger partial charge on any atom is -0.455 e. The molecule has 2 unspecified atom stereocenters. The second-order valence-corrected chi connectivity index (χ2v) is 11.7. The van der Waals surface area contributed by atoms with Gasteiger partial charge in [-0.3, -0.25) is 0 Å². The number of hydrogen-bond acceptors (Lipinski definition) is 3. The summed E-state index contributed by atoms with van der Waals surface area (Å²) in [5.74, 6) is 0.622. The molecule has 0 bridgehead atoms.